The van der Waals surface area contributed by atoms with Crippen LogP contribution in [0.4, 0.5) is 13.2 Å². The Morgan fingerprint density at radius 1 is 0.951 bits per heavy atom. The maximum absolute atomic E-state index is 13.0. The number of halogens is 6. The normalized spacial score (nSPS) is 11.5. The Morgan fingerprint density at radius 3 is 2.32 bits per heavy atom. The molecule has 1 amide bonds. The number of hydrogen-bond donors (Lipinski definition) is 1. The topological polar surface area (TPSA) is 72.7 Å². The van der Waals surface area contributed by atoms with Gasteiger partial charge in [0.1, 0.15) is 12.7 Å². The molecule has 0 saturated carbocycles. The zero-order chi connectivity index (χ0) is 29.1. The first-order valence-electron chi connectivity index (χ1n) is 12.1. The zero-order valence-electron chi connectivity index (χ0n) is 21.0. The number of benzene rings is 3. The highest BCUT2D eigenvalue weighted by Gasteiger charge is 2.30. The molecular weight excluding hydrogens is 642 g/mol. The van der Waals surface area contributed by atoms with Gasteiger partial charge in [0.2, 0.25) is 0 Å². The second kappa shape index (κ2) is 12.0. The van der Waals surface area contributed by atoms with Gasteiger partial charge in [-0.05, 0) is 60.2 Å². The van der Waals surface area contributed by atoms with E-state index in [4.69, 9.17) is 28.2 Å². The molecule has 0 bridgehead atoms. The fraction of sp³-hybridized carbons (Fsp3) is 0.103. The van der Waals surface area contributed by atoms with Crippen molar-refractivity contribution in [1.29, 1.82) is 0 Å². The van der Waals surface area contributed by atoms with Crippen LogP contribution >= 0.6 is 39.1 Å². The van der Waals surface area contributed by atoms with E-state index < -0.39 is 17.6 Å². The number of carbonyl (C=O) groups excluding carboxylic acids is 1. The van der Waals surface area contributed by atoms with Crippen molar-refractivity contribution in [3.05, 3.63) is 122 Å². The van der Waals surface area contributed by atoms with Crippen LogP contribution in [0.3, 0.4) is 0 Å². The maximum atomic E-state index is 13.0. The van der Waals surface area contributed by atoms with E-state index in [2.05, 4.69) is 31.3 Å². The van der Waals surface area contributed by atoms with Crippen molar-refractivity contribution in [1.82, 2.24) is 25.1 Å². The molecule has 0 saturated heterocycles. The lowest BCUT2D eigenvalue weighted by atomic mass is 9.96. The summed E-state index contributed by atoms with van der Waals surface area (Å²) >= 11 is 16.2. The van der Waals surface area contributed by atoms with Gasteiger partial charge >= 0.3 is 6.18 Å². The van der Waals surface area contributed by atoms with Crippen molar-refractivity contribution in [3.63, 3.8) is 0 Å². The Kier molecular flexibility index (Phi) is 8.44. The van der Waals surface area contributed by atoms with E-state index in [1.165, 1.54) is 6.33 Å². The molecule has 3 aromatic carbocycles. The summed E-state index contributed by atoms with van der Waals surface area (Å²) in [7, 11) is 0. The summed E-state index contributed by atoms with van der Waals surface area (Å²) in [6.45, 7) is 0.291. The van der Waals surface area contributed by atoms with Crippen molar-refractivity contribution in [3.8, 4) is 22.4 Å². The third-order valence-corrected chi connectivity index (χ3v) is 7.30. The molecule has 0 radical (unpaired) electrons. The second-order valence-corrected chi connectivity index (χ2v) is 10.7. The fourth-order valence-electron chi connectivity index (χ4n) is 4.18. The molecule has 0 aliphatic rings. The molecule has 208 valence electrons. The standard InChI is InChI=1S/C29H19BrCl2F3N5O/c30-21-7-3-17(4-8-21)27-24(23-10-9-22(31)12-25(23)32)11-19(26(39-27)14-40-16-36-15-38-40)13-37-28(41)18-1-5-20(6-2-18)29(33,34)35/h1-12,15-16H,13-14H2,(H,37,41). The van der Waals surface area contributed by atoms with Crippen molar-refractivity contribution in [2.75, 3.05) is 0 Å². The van der Waals surface area contributed by atoms with Crippen LogP contribution in [-0.4, -0.2) is 25.7 Å². The molecule has 6 nitrogen and oxygen atoms in total. The average molecular weight is 661 g/mol. The van der Waals surface area contributed by atoms with E-state index in [1.807, 2.05) is 30.3 Å². The molecule has 0 aliphatic heterocycles. The number of carbonyl (C=O) groups is 1. The molecule has 0 fully saturated rings. The molecule has 41 heavy (non-hydrogen) atoms. The van der Waals surface area contributed by atoms with E-state index in [0.29, 0.717) is 38.1 Å². The summed E-state index contributed by atoms with van der Waals surface area (Å²) in [5.74, 6) is -0.534. The first-order valence-corrected chi connectivity index (χ1v) is 13.7. The lowest BCUT2D eigenvalue weighted by Gasteiger charge is -2.18. The van der Waals surface area contributed by atoms with Crippen molar-refractivity contribution in [2.24, 2.45) is 0 Å². The van der Waals surface area contributed by atoms with Crippen LogP contribution in [0, 0.1) is 0 Å². The third-order valence-electron chi connectivity index (χ3n) is 6.22. The Bertz CT molecular complexity index is 1690. The van der Waals surface area contributed by atoms with Crippen molar-refractivity contribution >= 4 is 45.0 Å². The van der Waals surface area contributed by atoms with E-state index in [-0.39, 0.29) is 18.7 Å². The van der Waals surface area contributed by atoms with Gasteiger partial charge in [0.15, 0.2) is 0 Å². The minimum atomic E-state index is -4.49. The van der Waals surface area contributed by atoms with E-state index >= 15 is 0 Å². The van der Waals surface area contributed by atoms with Crippen LogP contribution in [0.5, 0.6) is 0 Å². The Morgan fingerprint density at radius 2 is 1.68 bits per heavy atom. The zero-order valence-corrected chi connectivity index (χ0v) is 24.1. The SMILES string of the molecule is O=C(NCc1cc(-c2ccc(Cl)cc2Cl)c(-c2ccc(Br)cc2)nc1Cn1cncn1)c1ccc(C(F)(F)F)cc1. The number of amides is 1. The lowest BCUT2D eigenvalue weighted by molar-refractivity contribution is -0.137. The van der Waals surface area contributed by atoms with Gasteiger partial charge in [-0.3, -0.25) is 4.79 Å². The molecule has 5 aromatic rings. The molecular formula is C29H19BrCl2F3N5O. The summed E-state index contributed by atoms with van der Waals surface area (Å²) < 4.78 is 41.4. The number of rotatable bonds is 7. The largest absolute Gasteiger partial charge is 0.416 e. The number of pyridine rings is 1. The molecule has 0 atom stereocenters. The van der Waals surface area contributed by atoms with Gasteiger partial charge in [0.05, 0.1) is 23.5 Å². The smallest absolute Gasteiger partial charge is 0.348 e. The van der Waals surface area contributed by atoms with E-state index in [9.17, 15) is 18.0 Å². The monoisotopic (exact) mass is 659 g/mol. The highest BCUT2D eigenvalue weighted by atomic mass is 79.9. The van der Waals surface area contributed by atoms with Gasteiger partial charge in [-0.25, -0.2) is 14.6 Å². The van der Waals surface area contributed by atoms with E-state index in [0.717, 1.165) is 34.3 Å². The molecule has 12 heteroatoms. The Labute approximate surface area is 251 Å². The Hall–Kier alpha value is -3.73. The first kappa shape index (κ1) is 28.8. The van der Waals surface area contributed by atoms with Crippen LogP contribution in [0.15, 0.2) is 89.9 Å². The number of nitrogens with zero attached hydrogens (tertiary/aromatic N) is 4. The van der Waals surface area contributed by atoms with Crippen molar-refractivity contribution in [2.45, 2.75) is 19.3 Å². The summed E-state index contributed by atoms with van der Waals surface area (Å²) in [6.07, 6.45) is -1.54. The quantitative estimate of drug-likeness (QED) is 0.192. The maximum Gasteiger partial charge on any atom is 0.416 e. The number of nitrogens with one attached hydrogen (secondary N) is 1. The molecule has 2 aromatic heterocycles. The second-order valence-electron chi connectivity index (χ2n) is 8.97. The van der Waals surface area contributed by atoms with Gasteiger partial charge in [-0.2, -0.15) is 18.3 Å². The van der Waals surface area contributed by atoms with Gasteiger partial charge in [0.25, 0.3) is 5.91 Å². The van der Waals surface area contributed by atoms with Gasteiger partial charge < -0.3 is 5.32 Å². The first-order chi connectivity index (χ1) is 19.6. The molecule has 0 aliphatic carbocycles. The molecule has 2 heterocycles. The van der Waals surface area contributed by atoms with E-state index in [1.54, 1.807) is 29.2 Å². The average Bonchev–Trinajstić information content (AvgIpc) is 3.45. The minimum absolute atomic E-state index is 0.0374. The summed E-state index contributed by atoms with van der Waals surface area (Å²) in [5, 5.41) is 7.88. The molecule has 5 rings (SSSR count). The summed E-state index contributed by atoms with van der Waals surface area (Å²) in [6, 6.07) is 18.7. The van der Waals surface area contributed by atoms with Gasteiger partial charge in [-0.1, -0.05) is 57.3 Å². The number of hydrogen-bond acceptors (Lipinski definition) is 4. The van der Waals surface area contributed by atoms with Crippen LogP contribution in [-0.2, 0) is 19.3 Å². The minimum Gasteiger partial charge on any atom is -0.348 e. The summed E-state index contributed by atoms with van der Waals surface area (Å²) in [5.41, 5.74) is 3.39. The predicted octanol–water partition coefficient (Wildman–Crippen LogP) is 8.07. The Balaban J connectivity index is 1.57. The third kappa shape index (κ3) is 6.78. The van der Waals surface area contributed by atoms with Crippen LogP contribution in [0.1, 0.15) is 27.2 Å². The van der Waals surface area contributed by atoms with Gasteiger partial charge in [-0.15, -0.1) is 0 Å². The predicted molar refractivity (Wildman–Crippen MR) is 155 cm³/mol. The summed E-state index contributed by atoms with van der Waals surface area (Å²) in [4.78, 5) is 21.9. The fourth-order valence-corrected chi connectivity index (χ4v) is 4.95. The molecule has 0 spiro atoms. The number of aromatic nitrogens is 4. The van der Waals surface area contributed by atoms with Crippen LogP contribution in [0.25, 0.3) is 22.4 Å². The lowest BCUT2D eigenvalue weighted by Crippen LogP contribution is -2.24. The molecule has 0 unspecified atom stereocenters. The van der Waals surface area contributed by atoms with Gasteiger partial charge in [0, 0.05) is 43.3 Å². The number of alkyl halides is 3. The highest BCUT2D eigenvalue weighted by molar-refractivity contribution is 9.10. The van der Waals surface area contributed by atoms with Crippen LogP contribution in [0.2, 0.25) is 10.0 Å². The molecule has 1 N–H and O–H groups in total. The van der Waals surface area contributed by atoms with Crippen molar-refractivity contribution < 1.29 is 18.0 Å². The highest BCUT2D eigenvalue weighted by Crippen LogP contribution is 2.38. The van der Waals surface area contributed by atoms with Crippen LogP contribution < -0.4 is 5.32 Å².